The Morgan fingerprint density at radius 2 is 1.74 bits per heavy atom. The van der Waals surface area contributed by atoms with Crippen molar-refractivity contribution in [3.05, 3.63) is 34.9 Å². The summed E-state index contributed by atoms with van der Waals surface area (Å²) in [4.78, 5) is 23.5. The van der Waals surface area contributed by atoms with Gasteiger partial charge in [0.25, 0.3) is 0 Å². The number of aliphatic hydroxyl groups is 1. The quantitative estimate of drug-likeness (QED) is 0.837. The Balaban J connectivity index is 3.38. The van der Waals surface area contributed by atoms with E-state index in [9.17, 15) is 14.7 Å². The molecular formula is C14H18O5. The van der Waals surface area contributed by atoms with E-state index in [1.54, 1.807) is 26.0 Å². The smallest absolute Gasteiger partial charge is 0.339 e. The monoisotopic (exact) mass is 266 g/mol. The maximum atomic E-state index is 11.8. The van der Waals surface area contributed by atoms with Crippen molar-refractivity contribution in [1.29, 1.82) is 0 Å². The Morgan fingerprint density at radius 3 is 2.21 bits per heavy atom. The summed E-state index contributed by atoms with van der Waals surface area (Å²) in [5.41, 5.74) is -0.185. The molecular weight excluding hydrogens is 248 g/mol. The molecule has 0 bridgehead atoms. The van der Waals surface area contributed by atoms with Crippen LogP contribution in [0.4, 0.5) is 0 Å². The van der Waals surface area contributed by atoms with Gasteiger partial charge in [-0.3, -0.25) is 0 Å². The predicted octanol–water partition coefficient (Wildman–Crippen LogP) is 1.57. The van der Waals surface area contributed by atoms with Gasteiger partial charge in [-0.2, -0.15) is 0 Å². The molecule has 5 heteroatoms. The molecule has 0 amide bonds. The van der Waals surface area contributed by atoms with Crippen LogP contribution in [0.2, 0.25) is 0 Å². The molecule has 1 aromatic rings. The minimum atomic E-state index is -1.00. The Bertz CT molecular complexity index is 485. The van der Waals surface area contributed by atoms with Crippen molar-refractivity contribution in [1.82, 2.24) is 0 Å². The van der Waals surface area contributed by atoms with Crippen LogP contribution in [0.15, 0.2) is 18.2 Å². The molecule has 1 rings (SSSR count). The fraction of sp³-hybridized carbons (Fsp3) is 0.429. The normalized spacial score (nSPS) is 11.0. The summed E-state index contributed by atoms with van der Waals surface area (Å²) in [5, 5.41) is 9.87. The summed E-state index contributed by atoms with van der Waals surface area (Å²) in [6.45, 7) is 3.25. The molecule has 1 N–H and O–H groups in total. The Hall–Kier alpha value is -1.88. The zero-order valence-electron chi connectivity index (χ0n) is 11.5. The van der Waals surface area contributed by atoms with E-state index in [0.717, 1.165) is 0 Å². The van der Waals surface area contributed by atoms with Crippen LogP contribution in [0.3, 0.4) is 0 Å². The van der Waals surface area contributed by atoms with E-state index in [2.05, 4.69) is 4.74 Å². The number of carbonyl (C=O) groups excluding carboxylic acids is 2. The highest BCUT2D eigenvalue weighted by Gasteiger charge is 2.25. The van der Waals surface area contributed by atoms with Crippen molar-refractivity contribution in [3.8, 4) is 0 Å². The molecule has 1 aromatic carbocycles. The summed E-state index contributed by atoms with van der Waals surface area (Å²) < 4.78 is 9.35. The second-order valence-corrected chi connectivity index (χ2v) is 4.81. The summed E-state index contributed by atoms with van der Waals surface area (Å²) >= 11 is 0. The number of esters is 2. The highest BCUT2D eigenvalue weighted by Crippen LogP contribution is 2.21. The van der Waals surface area contributed by atoms with Crippen molar-refractivity contribution in [2.75, 3.05) is 14.2 Å². The average molecular weight is 266 g/mol. The molecule has 19 heavy (non-hydrogen) atoms. The third kappa shape index (κ3) is 3.79. The van der Waals surface area contributed by atoms with Crippen molar-refractivity contribution < 1.29 is 24.2 Å². The predicted molar refractivity (Wildman–Crippen MR) is 69.1 cm³/mol. The van der Waals surface area contributed by atoms with Crippen LogP contribution < -0.4 is 0 Å². The lowest BCUT2D eigenvalue weighted by molar-refractivity contribution is 0.0548. The van der Waals surface area contributed by atoms with Gasteiger partial charge in [-0.05, 0) is 25.5 Å². The second-order valence-electron chi connectivity index (χ2n) is 4.81. The van der Waals surface area contributed by atoms with E-state index in [1.807, 2.05) is 0 Å². The van der Waals surface area contributed by atoms with Crippen molar-refractivity contribution >= 4 is 11.9 Å². The van der Waals surface area contributed by atoms with Gasteiger partial charge in [-0.1, -0.05) is 12.1 Å². The number of carbonyl (C=O) groups is 2. The van der Waals surface area contributed by atoms with E-state index >= 15 is 0 Å². The number of ether oxygens (including phenoxy) is 2. The van der Waals surface area contributed by atoms with Gasteiger partial charge < -0.3 is 14.6 Å². The number of hydrogen-bond acceptors (Lipinski definition) is 5. The minimum absolute atomic E-state index is 0.135. The van der Waals surface area contributed by atoms with Crippen molar-refractivity contribution in [3.63, 3.8) is 0 Å². The zero-order chi connectivity index (χ0) is 14.6. The topological polar surface area (TPSA) is 72.8 Å². The molecule has 0 aliphatic carbocycles. The molecule has 5 nitrogen and oxygen atoms in total. The first-order valence-electron chi connectivity index (χ1n) is 5.81. The van der Waals surface area contributed by atoms with Crippen LogP contribution >= 0.6 is 0 Å². The minimum Gasteiger partial charge on any atom is -0.465 e. The number of rotatable bonds is 4. The first kappa shape index (κ1) is 15.2. The van der Waals surface area contributed by atoms with Crippen LogP contribution in [0.25, 0.3) is 0 Å². The molecule has 0 heterocycles. The summed E-state index contributed by atoms with van der Waals surface area (Å²) in [6.07, 6.45) is 0.224. The molecule has 0 aromatic heterocycles. The van der Waals surface area contributed by atoms with Crippen LogP contribution in [-0.4, -0.2) is 36.9 Å². The third-order valence-corrected chi connectivity index (χ3v) is 2.57. The highest BCUT2D eigenvalue weighted by molar-refractivity contribution is 6.04. The largest absolute Gasteiger partial charge is 0.465 e. The van der Waals surface area contributed by atoms with Gasteiger partial charge in [0.2, 0.25) is 0 Å². The summed E-state index contributed by atoms with van der Waals surface area (Å²) in [7, 11) is 2.48. The first-order chi connectivity index (χ1) is 8.80. The molecule has 0 fully saturated rings. The van der Waals surface area contributed by atoms with Crippen LogP contribution in [0.1, 0.15) is 40.1 Å². The Morgan fingerprint density at radius 1 is 1.16 bits per heavy atom. The number of methoxy groups -OCH3 is 2. The van der Waals surface area contributed by atoms with E-state index in [-0.39, 0.29) is 17.5 Å². The van der Waals surface area contributed by atoms with E-state index in [0.29, 0.717) is 5.56 Å². The lowest BCUT2D eigenvalue weighted by atomic mass is 9.92. The third-order valence-electron chi connectivity index (χ3n) is 2.57. The summed E-state index contributed by atoms with van der Waals surface area (Å²) in [5.74, 6) is -1.24. The molecule has 0 radical (unpaired) electrons. The fourth-order valence-corrected chi connectivity index (χ4v) is 1.84. The van der Waals surface area contributed by atoms with Gasteiger partial charge in [0.15, 0.2) is 0 Å². The van der Waals surface area contributed by atoms with Gasteiger partial charge in [0.1, 0.15) is 0 Å². The number of benzene rings is 1. The highest BCUT2D eigenvalue weighted by atomic mass is 16.5. The molecule has 0 aliphatic heterocycles. The van der Waals surface area contributed by atoms with Gasteiger partial charge in [-0.25, -0.2) is 9.59 Å². The zero-order valence-corrected chi connectivity index (χ0v) is 11.5. The van der Waals surface area contributed by atoms with Crippen LogP contribution in [0, 0.1) is 0 Å². The molecule has 0 saturated heterocycles. The Kier molecular flexibility index (Phi) is 4.67. The van der Waals surface area contributed by atoms with E-state index in [1.165, 1.54) is 20.3 Å². The van der Waals surface area contributed by atoms with Crippen molar-refractivity contribution in [2.45, 2.75) is 25.9 Å². The molecule has 0 aliphatic rings. The lowest BCUT2D eigenvalue weighted by Gasteiger charge is -2.19. The summed E-state index contributed by atoms with van der Waals surface area (Å²) in [6, 6.07) is 4.81. The molecule has 0 unspecified atom stereocenters. The van der Waals surface area contributed by atoms with E-state index in [4.69, 9.17) is 4.74 Å². The van der Waals surface area contributed by atoms with E-state index < -0.39 is 17.5 Å². The van der Waals surface area contributed by atoms with Gasteiger partial charge >= 0.3 is 11.9 Å². The molecule has 0 spiro atoms. The maximum Gasteiger partial charge on any atom is 0.339 e. The standard InChI is InChI=1S/C14H18O5/c1-14(2,17)8-9-6-5-7-10(12(15)18-3)11(9)13(16)19-4/h5-7,17H,8H2,1-4H3. The fourth-order valence-electron chi connectivity index (χ4n) is 1.84. The number of hydrogen-bond donors (Lipinski definition) is 1. The molecule has 0 saturated carbocycles. The second kappa shape index (κ2) is 5.84. The van der Waals surface area contributed by atoms with Gasteiger partial charge in [0.05, 0.1) is 30.9 Å². The Labute approximate surface area is 112 Å². The molecule has 104 valence electrons. The first-order valence-corrected chi connectivity index (χ1v) is 5.81. The molecule has 0 atom stereocenters. The van der Waals surface area contributed by atoms with Gasteiger partial charge in [0, 0.05) is 6.42 Å². The SMILES string of the molecule is COC(=O)c1cccc(CC(C)(C)O)c1C(=O)OC. The maximum absolute atomic E-state index is 11.8. The average Bonchev–Trinajstić information content (AvgIpc) is 2.34. The van der Waals surface area contributed by atoms with Gasteiger partial charge in [-0.15, -0.1) is 0 Å². The van der Waals surface area contributed by atoms with Crippen LogP contribution in [0.5, 0.6) is 0 Å². The van der Waals surface area contributed by atoms with Crippen LogP contribution in [-0.2, 0) is 15.9 Å². The van der Waals surface area contributed by atoms with Crippen molar-refractivity contribution in [2.24, 2.45) is 0 Å². The lowest BCUT2D eigenvalue weighted by Crippen LogP contribution is -2.25.